The number of nitrogens with zero attached hydrogens (tertiary/aromatic N) is 4. The molecule has 1 fully saturated rings. The molecule has 170 valence electrons. The van der Waals surface area contributed by atoms with Crippen LogP contribution >= 0.6 is 0 Å². The van der Waals surface area contributed by atoms with Crippen molar-refractivity contribution < 1.29 is 14.3 Å². The van der Waals surface area contributed by atoms with E-state index in [-0.39, 0.29) is 17.9 Å². The summed E-state index contributed by atoms with van der Waals surface area (Å²) < 4.78 is 5.30. The molecule has 32 heavy (non-hydrogen) atoms. The van der Waals surface area contributed by atoms with E-state index in [1.54, 1.807) is 14.0 Å². The zero-order valence-corrected chi connectivity index (χ0v) is 19.1. The summed E-state index contributed by atoms with van der Waals surface area (Å²) in [5.74, 6) is 2.34. The fourth-order valence-corrected chi connectivity index (χ4v) is 4.63. The van der Waals surface area contributed by atoms with Crippen LogP contribution in [0.5, 0.6) is 5.75 Å². The van der Waals surface area contributed by atoms with Crippen molar-refractivity contribution in [2.24, 2.45) is 0 Å². The van der Waals surface area contributed by atoms with E-state index in [9.17, 15) is 9.59 Å². The van der Waals surface area contributed by atoms with Crippen molar-refractivity contribution in [3.63, 3.8) is 0 Å². The van der Waals surface area contributed by atoms with Gasteiger partial charge in [-0.3, -0.25) is 9.59 Å². The van der Waals surface area contributed by atoms with Crippen LogP contribution < -0.4 is 10.1 Å². The van der Waals surface area contributed by atoms with Crippen molar-refractivity contribution in [1.29, 1.82) is 0 Å². The van der Waals surface area contributed by atoms with Gasteiger partial charge in [0.25, 0.3) is 0 Å². The molecule has 2 aliphatic rings. The van der Waals surface area contributed by atoms with Crippen LogP contribution in [0.3, 0.4) is 0 Å². The normalized spacial score (nSPS) is 18.2. The molecule has 8 heteroatoms. The van der Waals surface area contributed by atoms with Gasteiger partial charge in [0.2, 0.25) is 11.8 Å². The van der Waals surface area contributed by atoms with Gasteiger partial charge in [0.05, 0.1) is 31.8 Å². The number of methoxy groups -OCH3 is 1. The molecule has 1 saturated heterocycles. The summed E-state index contributed by atoms with van der Waals surface area (Å²) in [4.78, 5) is 38.7. The van der Waals surface area contributed by atoms with Crippen LogP contribution in [0, 0.1) is 0 Å². The SMILES string of the molecule is CNc1nc(C2CCCCN2C(=O)Cc2cccc(OC)c2)nc2c1CCN(C(C)=O)C2. The number of nitrogens with one attached hydrogen (secondary N) is 1. The monoisotopic (exact) mass is 437 g/mol. The molecule has 1 N–H and O–H groups in total. The Morgan fingerprint density at radius 3 is 2.81 bits per heavy atom. The van der Waals surface area contributed by atoms with Crippen molar-refractivity contribution in [1.82, 2.24) is 19.8 Å². The van der Waals surface area contributed by atoms with E-state index in [1.807, 2.05) is 41.1 Å². The van der Waals surface area contributed by atoms with Gasteiger partial charge in [-0.15, -0.1) is 0 Å². The van der Waals surface area contributed by atoms with Gasteiger partial charge >= 0.3 is 0 Å². The molecule has 2 amide bonds. The maximum Gasteiger partial charge on any atom is 0.227 e. The molecule has 0 bridgehead atoms. The first-order valence-electron chi connectivity index (χ1n) is 11.3. The summed E-state index contributed by atoms with van der Waals surface area (Å²) in [6.07, 6.45) is 3.89. The first-order chi connectivity index (χ1) is 15.5. The van der Waals surface area contributed by atoms with E-state index in [0.29, 0.717) is 31.9 Å². The fraction of sp³-hybridized carbons (Fsp3) is 0.500. The second-order valence-electron chi connectivity index (χ2n) is 8.42. The van der Waals surface area contributed by atoms with E-state index in [2.05, 4.69) is 5.32 Å². The lowest BCUT2D eigenvalue weighted by Gasteiger charge is -2.36. The smallest absolute Gasteiger partial charge is 0.227 e. The number of piperidine rings is 1. The molecule has 0 spiro atoms. The maximum atomic E-state index is 13.3. The van der Waals surface area contributed by atoms with Crippen molar-refractivity contribution in [2.75, 3.05) is 32.6 Å². The molecule has 0 saturated carbocycles. The molecule has 2 aromatic rings. The predicted octanol–water partition coefficient (Wildman–Crippen LogP) is 2.73. The molecule has 2 aliphatic heterocycles. The Morgan fingerprint density at radius 1 is 1.22 bits per heavy atom. The zero-order valence-electron chi connectivity index (χ0n) is 19.1. The average molecular weight is 438 g/mol. The van der Waals surface area contributed by atoms with E-state index >= 15 is 0 Å². The third-order valence-electron chi connectivity index (χ3n) is 6.38. The third kappa shape index (κ3) is 4.54. The summed E-state index contributed by atoms with van der Waals surface area (Å²) in [5, 5.41) is 3.20. The number of rotatable bonds is 5. The Balaban J connectivity index is 1.61. The molecule has 0 radical (unpaired) electrons. The van der Waals surface area contributed by atoms with Crippen LogP contribution in [0.1, 0.15) is 54.9 Å². The van der Waals surface area contributed by atoms with Gasteiger partial charge < -0.3 is 19.9 Å². The third-order valence-corrected chi connectivity index (χ3v) is 6.38. The Morgan fingerprint density at radius 2 is 2.06 bits per heavy atom. The van der Waals surface area contributed by atoms with E-state index < -0.39 is 0 Å². The minimum atomic E-state index is -0.160. The highest BCUT2D eigenvalue weighted by Crippen LogP contribution is 2.33. The number of likely N-dealkylation sites (tertiary alicyclic amines) is 1. The van der Waals surface area contributed by atoms with Crippen molar-refractivity contribution in [3.8, 4) is 5.75 Å². The summed E-state index contributed by atoms with van der Waals surface area (Å²) in [6.45, 7) is 3.45. The van der Waals surface area contributed by atoms with Gasteiger partial charge in [-0.05, 0) is 43.4 Å². The number of fused-ring (bicyclic) bond motifs is 1. The molecule has 1 aromatic carbocycles. The van der Waals surface area contributed by atoms with Crippen molar-refractivity contribution in [3.05, 3.63) is 46.9 Å². The van der Waals surface area contributed by atoms with Crippen molar-refractivity contribution in [2.45, 2.75) is 51.6 Å². The van der Waals surface area contributed by atoms with Gasteiger partial charge in [-0.2, -0.15) is 0 Å². The minimum absolute atomic E-state index is 0.0505. The molecular weight excluding hydrogens is 406 g/mol. The molecular formula is C24H31N5O3. The predicted molar refractivity (Wildman–Crippen MR) is 121 cm³/mol. The molecule has 4 rings (SSSR count). The minimum Gasteiger partial charge on any atom is -0.497 e. The number of carbonyl (C=O) groups is 2. The van der Waals surface area contributed by atoms with Crippen LogP contribution in [0.15, 0.2) is 24.3 Å². The summed E-state index contributed by atoms with van der Waals surface area (Å²) in [5.41, 5.74) is 2.88. The Bertz CT molecular complexity index is 1010. The van der Waals surface area contributed by atoms with Gasteiger partial charge in [0.1, 0.15) is 11.6 Å². The lowest BCUT2D eigenvalue weighted by atomic mass is 9.98. The number of benzene rings is 1. The first-order valence-corrected chi connectivity index (χ1v) is 11.3. The molecule has 1 unspecified atom stereocenters. The number of carbonyl (C=O) groups excluding carboxylic acids is 2. The number of ether oxygens (including phenoxy) is 1. The van der Waals surface area contributed by atoms with Crippen molar-refractivity contribution >= 4 is 17.6 Å². The van der Waals surface area contributed by atoms with E-state index in [4.69, 9.17) is 14.7 Å². The highest BCUT2D eigenvalue weighted by atomic mass is 16.5. The molecule has 1 aromatic heterocycles. The topological polar surface area (TPSA) is 87.7 Å². The second kappa shape index (κ2) is 9.54. The lowest BCUT2D eigenvalue weighted by molar-refractivity contribution is -0.134. The lowest BCUT2D eigenvalue weighted by Crippen LogP contribution is -2.41. The molecule has 3 heterocycles. The van der Waals surface area contributed by atoms with Crippen LogP contribution in [-0.4, -0.2) is 58.8 Å². The van der Waals surface area contributed by atoms with Crippen LogP contribution in [0.4, 0.5) is 5.82 Å². The average Bonchev–Trinajstić information content (AvgIpc) is 2.82. The second-order valence-corrected chi connectivity index (χ2v) is 8.42. The number of hydrogen-bond donors (Lipinski definition) is 1. The highest BCUT2D eigenvalue weighted by Gasteiger charge is 2.32. The van der Waals surface area contributed by atoms with Gasteiger partial charge in [0, 0.05) is 32.6 Å². The quantitative estimate of drug-likeness (QED) is 0.774. The number of amides is 2. The fourth-order valence-electron chi connectivity index (χ4n) is 4.63. The Hall–Kier alpha value is -3.16. The van der Waals surface area contributed by atoms with E-state index in [1.165, 1.54) is 0 Å². The summed E-state index contributed by atoms with van der Waals surface area (Å²) >= 11 is 0. The summed E-state index contributed by atoms with van der Waals surface area (Å²) in [7, 11) is 3.48. The number of aromatic nitrogens is 2. The van der Waals surface area contributed by atoms with Gasteiger partial charge in [-0.25, -0.2) is 9.97 Å². The maximum absolute atomic E-state index is 13.3. The van der Waals surface area contributed by atoms with Gasteiger partial charge in [-0.1, -0.05) is 12.1 Å². The molecule has 0 aliphatic carbocycles. The largest absolute Gasteiger partial charge is 0.497 e. The number of anilines is 1. The first kappa shape index (κ1) is 22.0. The van der Waals surface area contributed by atoms with E-state index in [0.717, 1.165) is 54.1 Å². The van der Waals surface area contributed by atoms with Crippen LogP contribution in [0.25, 0.3) is 0 Å². The summed E-state index contributed by atoms with van der Waals surface area (Å²) in [6, 6.07) is 7.47. The molecule has 8 nitrogen and oxygen atoms in total. The Labute approximate surface area is 189 Å². The highest BCUT2D eigenvalue weighted by molar-refractivity contribution is 5.79. The molecule has 1 atom stereocenters. The van der Waals surface area contributed by atoms with Crippen LogP contribution in [-0.2, 0) is 29.0 Å². The van der Waals surface area contributed by atoms with Gasteiger partial charge in [0.15, 0.2) is 5.82 Å². The Kier molecular flexibility index (Phi) is 6.58. The van der Waals surface area contributed by atoms with Crippen LogP contribution in [0.2, 0.25) is 0 Å². The number of hydrogen-bond acceptors (Lipinski definition) is 6. The standard InChI is InChI=1S/C24H31N5O3/c1-16(30)28-12-10-19-20(15-28)26-24(27-23(19)25-2)21-9-4-5-11-29(21)22(31)14-17-7-6-8-18(13-17)32-3/h6-8,13,21H,4-5,9-12,14-15H2,1-3H3,(H,25,26,27). The zero-order chi connectivity index (χ0) is 22.7.